The van der Waals surface area contributed by atoms with Gasteiger partial charge in [-0.1, -0.05) is 12.1 Å². The van der Waals surface area contributed by atoms with Gasteiger partial charge in [0.15, 0.2) is 5.96 Å². The fourth-order valence-electron chi connectivity index (χ4n) is 3.93. The molecule has 1 aliphatic heterocycles. The molecule has 1 aromatic heterocycles. The first-order valence-electron chi connectivity index (χ1n) is 11.7. The number of guanidine groups is 1. The van der Waals surface area contributed by atoms with Crippen molar-refractivity contribution in [2.45, 2.75) is 24.9 Å². The summed E-state index contributed by atoms with van der Waals surface area (Å²) in [6.07, 6.45) is -3.42. The van der Waals surface area contributed by atoms with E-state index < -0.39 is 36.3 Å². The maximum Gasteiger partial charge on any atom is 0.495 e. The van der Waals surface area contributed by atoms with Crippen LogP contribution in [0.25, 0.3) is 10.9 Å². The number of aromatic amines is 1. The number of aromatic nitrogens is 1. The molecule has 3 aromatic rings. The van der Waals surface area contributed by atoms with E-state index in [0.29, 0.717) is 40.9 Å². The Morgan fingerprint density at radius 2 is 1.89 bits per heavy atom. The summed E-state index contributed by atoms with van der Waals surface area (Å²) in [4.78, 5) is 38.2. The molecule has 0 saturated heterocycles. The molecule has 4 rings (SSSR count). The van der Waals surface area contributed by atoms with E-state index in [1.54, 1.807) is 24.4 Å². The second-order valence-corrected chi connectivity index (χ2v) is 8.37. The van der Waals surface area contributed by atoms with E-state index in [-0.39, 0.29) is 0 Å². The summed E-state index contributed by atoms with van der Waals surface area (Å²) in [7, 11) is 0. The number of carbonyl (C=O) groups is 2. The van der Waals surface area contributed by atoms with Gasteiger partial charge in [-0.3, -0.25) is 4.99 Å². The Labute approximate surface area is 214 Å². The third kappa shape index (κ3) is 6.93. The number of benzene rings is 2. The van der Waals surface area contributed by atoms with Crippen LogP contribution in [-0.4, -0.2) is 55.3 Å². The number of rotatable bonds is 9. The molecule has 2 aromatic carbocycles. The van der Waals surface area contributed by atoms with Crippen molar-refractivity contribution >= 4 is 28.8 Å². The van der Waals surface area contributed by atoms with Crippen LogP contribution in [0, 0.1) is 5.82 Å². The minimum atomic E-state index is -5.31. The number of ether oxygens (including phenoxy) is 1. The van der Waals surface area contributed by atoms with Crippen LogP contribution < -0.4 is 15.4 Å². The highest BCUT2D eigenvalue weighted by Gasteiger charge is 2.43. The van der Waals surface area contributed by atoms with Crippen LogP contribution in [-0.2, 0) is 19.4 Å². The number of halogens is 4. The highest BCUT2D eigenvalue weighted by atomic mass is 19.4. The average Bonchev–Trinajstić information content (AvgIpc) is 3.55. The van der Waals surface area contributed by atoms with Gasteiger partial charge in [-0.05, 0) is 41.8 Å². The quantitative estimate of drug-likeness (QED) is 0.165. The molecule has 0 radical (unpaired) electrons. The summed E-state index contributed by atoms with van der Waals surface area (Å²) < 4.78 is 56.4. The maximum atomic E-state index is 13.5. The van der Waals surface area contributed by atoms with Gasteiger partial charge in [-0.15, -0.1) is 0 Å². The average molecular weight is 536 g/mol. The Morgan fingerprint density at radius 3 is 2.61 bits per heavy atom. The number of hydrogen-bond donors (Lipinski definition) is 3. The van der Waals surface area contributed by atoms with Crippen LogP contribution in [0.1, 0.15) is 29.9 Å². The van der Waals surface area contributed by atoms with Gasteiger partial charge in [0, 0.05) is 42.2 Å². The van der Waals surface area contributed by atoms with Crippen LogP contribution in [0.4, 0.5) is 17.6 Å². The summed E-state index contributed by atoms with van der Waals surface area (Å²) in [5.41, 5.74) is 1.79. The van der Waals surface area contributed by atoms with Crippen molar-refractivity contribution in [2.75, 3.05) is 26.2 Å². The fourth-order valence-corrected chi connectivity index (χ4v) is 3.93. The van der Waals surface area contributed by atoms with Crippen LogP contribution in [0.15, 0.2) is 53.7 Å². The maximum absolute atomic E-state index is 13.5. The second-order valence-electron chi connectivity index (χ2n) is 8.37. The number of nitrogens with one attached hydrogen (secondary N) is 3. The third-order valence-electron chi connectivity index (χ3n) is 5.70. The van der Waals surface area contributed by atoms with Crippen molar-refractivity contribution in [1.82, 2.24) is 15.6 Å². The van der Waals surface area contributed by atoms with Gasteiger partial charge in [0.2, 0.25) is 0 Å². The van der Waals surface area contributed by atoms with Crippen LogP contribution in [0.2, 0.25) is 0 Å². The third-order valence-corrected chi connectivity index (χ3v) is 5.70. The molecule has 0 spiro atoms. The van der Waals surface area contributed by atoms with E-state index in [0.717, 1.165) is 25.5 Å². The lowest BCUT2D eigenvalue weighted by atomic mass is 9.88. The highest BCUT2D eigenvalue weighted by molar-refractivity contribution is 5.86. The predicted octanol–water partition coefficient (Wildman–Crippen LogP) is 3.71. The molecule has 0 amide bonds. The van der Waals surface area contributed by atoms with Gasteiger partial charge in [0.25, 0.3) is 0 Å². The number of hydrogen-bond acceptors (Lipinski definition) is 8. The van der Waals surface area contributed by atoms with E-state index in [9.17, 15) is 27.2 Å². The van der Waals surface area contributed by atoms with Gasteiger partial charge in [0.05, 0.1) is 19.6 Å². The normalized spacial score (nSPS) is 13.9. The SMILES string of the molecule is O=C(CC(c1ccc(F)cc1)c1c[nH]c2cc(OCCCNC3=NCCN3)ccc12)OOC(=O)C(F)(F)F. The second kappa shape index (κ2) is 11.8. The van der Waals surface area contributed by atoms with E-state index in [1.807, 2.05) is 0 Å². The minimum absolute atomic E-state index is 0.458. The van der Waals surface area contributed by atoms with E-state index in [1.165, 1.54) is 24.3 Å². The largest absolute Gasteiger partial charge is 0.495 e. The first-order valence-corrected chi connectivity index (χ1v) is 11.7. The lowest BCUT2D eigenvalue weighted by molar-refractivity contribution is -0.285. The molecule has 13 heteroatoms. The standard InChI is InChI=1S/C25H24F4N4O5/c26-16-4-2-15(3-5-16)19(13-22(34)37-38-23(35)25(27,28)29)20-14-33-21-12-17(6-7-18(20)21)36-11-1-8-30-24-31-9-10-32-24/h2-7,12,14,19,33H,1,8-11,13H2,(H2,30,31,32). The number of nitrogens with zero attached hydrogens (tertiary/aromatic N) is 1. The molecule has 0 aliphatic carbocycles. The molecule has 1 unspecified atom stereocenters. The molecule has 0 saturated carbocycles. The fraction of sp³-hybridized carbons (Fsp3) is 0.320. The first-order chi connectivity index (χ1) is 18.2. The van der Waals surface area contributed by atoms with Crippen molar-refractivity contribution in [3.8, 4) is 5.75 Å². The highest BCUT2D eigenvalue weighted by Crippen LogP contribution is 2.35. The Balaban J connectivity index is 1.44. The van der Waals surface area contributed by atoms with E-state index in [4.69, 9.17) is 4.74 Å². The molecule has 9 nitrogen and oxygen atoms in total. The zero-order valence-corrected chi connectivity index (χ0v) is 19.9. The van der Waals surface area contributed by atoms with Crippen LogP contribution >= 0.6 is 0 Å². The van der Waals surface area contributed by atoms with Crippen molar-refractivity contribution in [3.05, 3.63) is 65.6 Å². The van der Waals surface area contributed by atoms with E-state index >= 15 is 0 Å². The van der Waals surface area contributed by atoms with Crippen LogP contribution in [0.5, 0.6) is 5.75 Å². The van der Waals surface area contributed by atoms with Crippen molar-refractivity contribution < 1.29 is 41.7 Å². The topological polar surface area (TPSA) is 114 Å². The summed E-state index contributed by atoms with van der Waals surface area (Å²) in [6.45, 7) is 2.73. The van der Waals surface area contributed by atoms with Crippen molar-refractivity contribution in [3.63, 3.8) is 0 Å². The molecule has 0 bridgehead atoms. The molecule has 202 valence electrons. The molecular weight excluding hydrogens is 512 g/mol. The first kappa shape index (κ1) is 26.8. The molecule has 2 heterocycles. The zero-order valence-electron chi connectivity index (χ0n) is 19.9. The molecular formula is C25H24F4N4O5. The van der Waals surface area contributed by atoms with Crippen molar-refractivity contribution in [2.24, 2.45) is 4.99 Å². The Hall–Kier alpha value is -4.29. The summed E-state index contributed by atoms with van der Waals surface area (Å²) in [5, 5.41) is 7.01. The van der Waals surface area contributed by atoms with Crippen LogP contribution in [0.3, 0.4) is 0 Å². The monoisotopic (exact) mass is 536 g/mol. The summed E-state index contributed by atoms with van der Waals surface area (Å²) in [5.74, 6) is -3.71. The number of fused-ring (bicyclic) bond motifs is 1. The smallest absolute Gasteiger partial charge is 0.493 e. The number of carbonyl (C=O) groups excluding carboxylic acids is 2. The van der Waals surface area contributed by atoms with E-state index in [2.05, 4.69) is 30.4 Å². The lowest BCUT2D eigenvalue weighted by Crippen LogP contribution is -2.34. The lowest BCUT2D eigenvalue weighted by Gasteiger charge is -2.16. The minimum Gasteiger partial charge on any atom is -0.493 e. The summed E-state index contributed by atoms with van der Waals surface area (Å²) >= 11 is 0. The Kier molecular flexibility index (Phi) is 8.34. The molecule has 3 N–H and O–H groups in total. The van der Waals surface area contributed by atoms with Gasteiger partial charge in [-0.25, -0.2) is 23.8 Å². The number of aliphatic imine (C=N–C) groups is 1. The Bertz CT molecular complexity index is 1310. The molecule has 1 aliphatic rings. The van der Waals surface area contributed by atoms with Crippen molar-refractivity contribution in [1.29, 1.82) is 0 Å². The van der Waals surface area contributed by atoms with Gasteiger partial charge in [-0.2, -0.15) is 13.2 Å². The zero-order chi connectivity index (χ0) is 27.1. The van der Waals surface area contributed by atoms with Gasteiger partial charge in [0.1, 0.15) is 11.6 Å². The number of H-pyrrole nitrogens is 1. The molecule has 1 atom stereocenters. The Morgan fingerprint density at radius 1 is 1.11 bits per heavy atom. The number of alkyl halides is 3. The van der Waals surface area contributed by atoms with Gasteiger partial charge >= 0.3 is 18.1 Å². The summed E-state index contributed by atoms with van der Waals surface area (Å²) in [6, 6.07) is 10.6. The molecule has 38 heavy (non-hydrogen) atoms. The van der Waals surface area contributed by atoms with Gasteiger partial charge < -0.3 is 20.4 Å². The predicted molar refractivity (Wildman–Crippen MR) is 128 cm³/mol. The molecule has 0 fully saturated rings.